The van der Waals surface area contributed by atoms with E-state index in [4.69, 9.17) is 10.5 Å². The first-order valence-electron chi connectivity index (χ1n) is 7.37. The van der Waals surface area contributed by atoms with Crippen LogP contribution in [-0.4, -0.2) is 33.5 Å². The van der Waals surface area contributed by atoms with Gasteiger partial charge in [-0.2, -0.15) is 0 Å². The van der Waals surface area contributed by atoms with Crippen LogP contribution in [0.25, 0.3) is 10.2 Å². The summed E-state index contributed by atoms with van der Waals surface area (Å²) in [5, 5.41) is 2.66. The summed E-state index contributed by atoms with van der Waals surface area (Å²) in [4.78, 5) is 22.6. The van der Waals surface area contributed by atoms with E-state index in [9.17, 15) is 4.79 Å². The fourth-order valence-electron chi connectivity index (χ4n) is 2.58. The number of thioether (sulfide) groups is 2. The minimum absolute atomic E-state index is 0.148. The number of carbonyl (C=O) groups excluding carboxylic acids is 1. The molecule has 0 spiro atoms. The Kier molecular flexibility index (Phi) is 4.87. The molecular weight excluding hydrogens is 350 g/mol. The van der Waals surface area contributed by atoms with Gasteiger partial charge in [-0.15, -0.1) is 11.3 Å². The number of nitrogens with zero attached hydrogens (tertiary/aromatic N) is 2. The average molecular weight is 370 g/mol. The Bertz CT molecular complexity index is 762. The molecule has 0 unspecified atom stereocenters. The van der Waals surface area contributed by atoms with Crippen molar-refractivity contribution >= 4 is 51.0 Å². The lowest BCUT2D eigenvalue weighted by Crippen LogP contribution is -2.33. The van der Waals surface area contributed by atoms with Gasteiger partial charge < -0.3 is 10.5 Å². The predicted molar refractivity (Wildman–Crippen MR) is 96.3 cm³/mol. The molecule has 1 atom stereocenters. The van der Waals surface area contributed by atoms with Gasteiger partial charge in [-0.25, -0.2) is 9.97 Å². The lowest BCUT2D eigenvalue weighted by Gasteiger charge is -2.33. The number of nitrogens with two attached hydrogens (primary N) is 1. The van der Waals surface area contributed by atoms with Crippen LogP contribution in [0.5, 0.6) is 0 Å². The van der Waals surface area contributed by atoms with E-state index in [1.807, 2.05) is 6.26 Å². The molecule has 0 fully saturated rings. The van der Waals surface area contributed by atoms with Crippen LogP contribution in [0.3, 0.4) is 0 Å². The lowest BCUT2D eigenvalue weighted by atomic mass is 9.90. The number of ether oxygens (including phenoxy) is 1. The number of hydrogen-bond acceptors (Lipinski definition) is 7. The van der Waals surface area contributed by atoms with Crippen LogP contribution in [0.2, 0.25) is 0 Å². The van der Waals surface area contributed by atoms with E-state index in [1.165, 1.54) is 34.0 Å². The first-order valence-corrected chi connectivity index (χ1v) is 10.4. The van der Waals surface area contributed by atoms with E-state index in [-0.39, 0.29) is 17.3 Å². The molecule has 3 heterocycles. The Morgan fingerprint density at radius 3 is 2.91 bits per heavy atom. The van der Waals surface area contributed by atoms with E-state index in [0.29, 0.717) is 6.61 Å². The number of thiophene rings is 1. The fourth-order valence-corrected chi connectivity index (χ4v) is 5.02. The van der Waals surface area contributed by atoms with Gasteiger partial charge in [-0.3, -0.25) is 4.79 Å². The normalized spacial score (nSPS) is 20.7. The second kappa shape index (κ2) is 6.58. The molecule has 8 heteroatoms. The molecule has 2 N–H and O–H groups in total. The molecule has 23 heavy (non-hydrogen) atoms. The summed E-state index contributed by atoms with van der Waals surface area (Å²) in [7, 11) is 0. The summed E-state index contributed by atoms with van der Waals surface area (Å²) in [5.74, 6) is -0.107. The third-order valence-corrected chi connectivity index (χ3v) is 6.71. The van der Waals surface area contributed by atoms with Crippen LogP contribution in [0, 0.1) is 0 Å². The van der Waals surface area contributed by atoms with Crippen molar-refractivity contribution in [3.63, 3.8) is 0 Å². The van der Waals surface area contributed by atoms with Gasteiger partial charge >= 0.3 is 0 Å². The molecule has 5 nitrogen and oxygen atoms in total. The minimum Gasteiger partial charge on any atom is -0.369 e. The van der Waals surface area contributed by atoms with Crippen LogP contribution in [-0.2, 0) is 22.6 Å². The van der Waals surface area contributed by atoms with E-state index in [2.05, 4.69) is 23.8 Å². The molecule has 2 aromatic heterocycles. The van der Waals surface area contributed by atoms with Crippen molar-refractivity contribution < 1.29 is 9.53 Å². The maximum absolute atomic E-state index is 11.2. The quantitative estimate of drug-likeness (QED) is 0.495. The maximum Gasteiger partial charge on any atom is 0.227 e. The second-order valence-corrected chi connectivity index (χ2v) is 8.54. The third-order valence-electron chi connectivity index (χ3n) is 4.06. The van der Waals surface area contributed by atoms with Crippen molar-refractivity contribution in [2.45, 2.75) is 49.1 Å². The van der Waals surface area contributed by atoms with Gasteiger partial charge in [0.15, 0.2) is 5.16 Å². The number of primary amides is 1. The molecule has 1 aliphatic heterocycles. The smallest absolute Gasteiger partial charge is 0.227 e. The van der Waals surface area contributed by atoms with Gasteiger partial charge in [0.25, 0.3) is 0 Å². The van der Waals surface area contributed by atoms with Crippen LogP contribution in [0.1, 0.15) is 30.7 Å². The molecular formula is C15H19N3O2S3. The molecule has 0 radical (unpaired) electrons. The highest BCUT2D eigenvalue weighted by Gasteiger charge is 2.33. The summed E-state index contributed by atoms with van der Waals surface area (Å²) in [6.45, 7) is 4.91. The summed E-state index contributed by atoms with van der Waals surface area (Å²) in [6.07, 6.45) is 3.76. The van der Waals surface area contributed by atoms with Crippen molar-refractivity contribution in [2.24, 2.45) is 5.73 Å². The zero-order valence-electron chi connectivity index (χ0n) is 13.3. The molecule has 0 saturated heterocycles. The number of aromatic nitrogens is 2. The summed E-state index contributed by atoms with van der Waals surface area (Å²) >= 11 is 4.58. The number of carbonyl (C=O) groups is 1. The monoisotopic (exact) mass is 369 g/mol. The van der Waals surface area contributed by atoms with Gasteiger partial charge in [-0.1, -0.05) is 30.4 Å². The van der Waals surface area contributed by atoms with E-state index in [1.54, 1.807) is 11.3 Å². The third kappa shape index (κ3) is 3.35. The molecule has 2 aromatic rings. The molecule has 0 aliphatic carbocycles. The van der Waals surface area contributed by atoms with Crippen molar-refractivity contribution in [1.82, 2.24) is 9.97 Å². The van der Waals surface area contributed by atoms with Crippen molar-refractivity contribution in [2.75, 3.05) is 12.0 Å². The number of hydrogen-bond donors (Lipinski definition) is 1. The van der Waals surface area contributed by atoms with Gasteiger partial charge in [0, 0.05) is 16.7 Å². The first-order chi connectivity index (χ1) is 11.0. The van der Waals surface area contributed by atoms with E-state index >= 15 is 0 Å². The first kappa shape index (κ1) is 17.0. The van der Waals surface area contributed by atoms with Crippen LogP contribution in [0.15, 0.2) is 10.2 Å². The van der Waals surface area contributed by atoms with Gasteiger partial charge in [-0.05, 0) is 25.2 Å². The largest absolute Gasteiger partial charge is 0.369 e. The highest BCUT2D eigenvalue weighted by Crippen LogP contribution is 2.42. The molecule has 124 valence electrons. The lowest BCUT2D eigenvalue weighted by molar-refractivity contribution is -0.115. The number of fused-ring (bicyclic) bond motifs is 3. The molecule has 3 rings (SSSR count). The summed E-state index contributed by atoms with van der Waals surface area (Å²) in [5.41, 5.74) is 6.44. The van der Waals surface area contributed by atoms with Gasteiger partial charge in [0.05, 0.1) is 18.0 Å². The Morgan fingerprint density at radius 2 is 2.26 bits per heavy atom. The van der Waals surface area contributed by atoms with E-state index in [0.717, 1.165) is 33.2 Å². The van der Waals surface area contributed by atoms with Crippen LogP contribution < -0.4 is 5.73 Å². The Balaban J connectivity index is 2.12. The molecule has 0 bridgehead atoms. The molecule has 0 saturated carbocycles. The van der Waals surface area contributed by atoms with Crippen molar-refractivity contribution in [1.29, 1.82) is 0 Å². The minimum atomic E-state index is -0.335. The standard InChI is InChI=1S/C15H19N3O2S3/c1-4-15(2)5-8-9(6-20-15)23-13-11(8)12(22-7-10(16)19)17-14(18-13)21-3/h4-7H2,1-3H3,(H2,16,19)/t15-/m1/s1. The topological polar surface area (TPSA) is 78.1 Å². The molecule has 1 aliphatic rings. The van der Waals surface area contributed by atoms with Gasteiger partial charge in [0.1, 0.15) is 9.86 Å². The fraction of sp³-hybridized carbons (Fsp3) is 0.533. The number of amides is 1. The zero-order valence-corrected chi connectivity index (χ0v) is 15.8. The Morgan fingerprint density at radius 1 is 1.48 bits per heavy atom. The summed E-state index contributed by atoms with van der Waals surface area (Å²) in [6, 6.07) is 0. The van der Waals surface area contributed by atoms with Crippen molar-refractivity contribution in [3.8, 4) is 0 Å². The zero-order chi connectivity index (χ0) is 16.6. The number of rotatable bonds is 5. The maximum atomic E-state index is 11.2. The SMILES string of the molecule is CC[C@]1(C)Cc2c(sc3nc(SC)nc(SCC(N)=O)c23)CO1. The Hall–Kier alpha value is -0.830. The Labute approximate surface area is 147 Å². The predicted octanol–water partition coefficient (Wildman–Crippen LogP) is 3.23. The average Bonchev–Trinajstić information content (AvgIpc) is 2.89. The summed E-state index contributed by atoms with van der Waals surface area (Å²) < 4.78 is 6.04. The highest BCUT2D eigenvalue weighted by atomic mass is 32.2. The van der Waals surface area contributed by atoms with Crippen molar-refractivity contribution in [3.05, 3.63) is 10.4 Å². The van der Waals surface area contributed by atoms with Crippen LogP contribution >= 0.6 is 34.9 Å². The highest BCUT2D eigenvalue weighted by molar-refractivity contribution is 8.00. The second-order valence-electron chi connectivity index (χ2n) is 5.72. The molecule has 1 amide bonds. The van der Waals surface area contributed by atoms with E-state index < -0.39 is 0 Å². The van der Waals surface area contributed by atoms with Crippen LogP contribution in [0.4, 0.5) is 0 Å². The molecule has 0 aromatic carbocycles. The van der Waals surface area contributed by atoms with Gasteiger partial charge in [0.2, 0.25) is 5.91 Å².